The zero-order valence-electron chi connectivity index (χ0n) is 16.3. The first-order valence-electron chi connectivity index (χ1n) is 9.83. The molecule has 2 fully saturated rings. The van der Waals surface area contributed by atoms with Gasteiger partial charge in [-0.3, -0.25) is 9.59 Å². The maximum absolute atomic E-state index is 13.1. The number of likely N-dealkylation sites (tertiary alicyclic amines) is 1. The second-order valence-electron chi connectivity index (χ2n) is 7.25. The van der Waals surface area contributed by atoms with Gasteiger partial charge in [0, 0.05) is 37.8 Å². The summed E-state index contributed by atoms with van der Waals surface area (Å²) in [7, 11) is 0. The van der Waals surface area contributed by atoms with Crippen LogP contribution in [-0.4, -0.2) is 60.4 Å². The average molecular weight is 416 g/mol. The van der Waals surface area contributed by atoms with Crippen molar-refractivity contribution in [1.82, 2.24) is 15.1 Å². The smallest absolute Gasteiger partial charge is 0.254 e. The summed E-state index contributed by atoms with van der Waals surface area (Å²) < 4.78 is 5.86. The molecule has 2 aromatic carbocycles. The number of piperidine rings is 1. The van der Waals surface area contributed by atoms with Gasteiger partial charge in [-0.25, -0.2) is 0 Å². The van der Waals surface area contributed by atoms with Crippen LogP contribution in [0.5, 0.6) is 11.5 Å². The minimum atomic E-state index is -0.00852. The molecule has 0 aliphatic carbocycles. The highest BCUT2D eigenvalue weighted by Crippen LogP contribution is 2.24. The van der Waals surface area contributed by atoms with Gasteiger partial charge in [0.05, 0.1) is 6.54 Å². The summed E-state index contributed by atoms with van der Waals surface area (Å²) in [5.74, 6) is 1.50. The van der Waals surface area contributed by atoms with Crippen LogP contribution in [0.1, 0.15) is 23.2 Å². The Labute approximate surface area is 177 Å². The lowest BCUT2D eigenvalue weighted by molar-refractivity contribution is -0.135. The van der Waals surface area contributed by atoms with E-state index in [-0.39, 0.29) is 30.3 Å². The molecular formula is C22H26ClN3O3. The third-order valence-electron chi connectivity index (χ3n) is 5.31. The topological polar surface area (TPSA) is 61.9 Å². The molecule has 7 heteroatoms. The number of carbonyl (C=O) groups excluding carboxylic acids is 2. The Balaban J connectivity index is 0.00000240. The molecule has 2 heterocycles. The first-order chi connectivity index (χ1) is 13.7. The standard InChI is InChI=1S/C22H25N3O3.ClH/c26-21-15-23-11-13-25(21)18-7-5-12-24(16-18)22(27)17-6-4-10-20(14-17)28-19-8-2-1-3-9-19;/h1-4,6,8-10,14,18,23H,5,7,11-13,15-16H2;1H. The summed E-state index contributed by atoms with van der Waals surface area (Å²) in [4.78, 5) is 29.1. The number of hydrogen-bond donors (Lipinski definition) is 1. The Kier molecular flexibility index (Phi) is 7.12. The molecule has 2 amide bonds. The third-order valence-corrected chi connectivity index (χ3v) is 5.31. The molecule has 2 saturated heterocycles. The minimum Gasteiger partial charge on any atom is -0.457 e. The highest BCUT2D eigenvalue weighted by molar-refractivity contribution is 5.94. The first-order valence-corrected chi connectivity index (χ1v) is 9.83. The van der Waals surface area contributed by atoms with E-state index < -0.39 is 0 Å². The maximum Gasteiger partial charge on any atom is 0.254 e. The Hall–Kier alpha value is -2.57. The highest BCUT2D eigenvalue weighted by Gasteiger charge is 2.32. The summed E-state index contributed by atoms with van der Waals surface area (Å²) in [6, 6.07) is 16.9. The van der Waals surface area contributed by atoms with Crippen molar-refractivity contribution >= 4 is 24.2 Å². The Morgan fingerprint density at radius 1 is 1.03 bits per heavy atom. The monoisotopic (exact) mass is 415 g/mol. The van der Waals surface area contributed by atoms with Crippen LogP contribution in [0.3, 0.4) is 0 Å². The lowest BCUT2D eigenvalue weighted by Gasteiger charge is -2.41. The summed E-state index contributed by atoms with van der Waals surface area (Å²) in [6.45, 7) is 3.23. The number of piperazine rings is 1. The largest absolute Gasteiger partial charge is 0.457 e. The van der Waals surface area contributed by atoms with Crippen molar-refractivity contribution in [2.45, 2.75) is 18.9 Å². The fourth-order valence-corrected chi connectivity index (χ4v) is 3.90. The number of benzene rings is 2. The summed E-state index contributed by atoms with van der Waals surface area (Å²) >= 11 is 0. The molecule has 154 valence electrons. The highest BCUT2D eigenvalue weighted by atomic mass is 35.5. The van der Waals surface area contributed by atoms with Gasteiger partial charge in [-0.1, -0.05) is 24.3 Å². The molecular weight excluding hydrogens is 390 g/mol. The molecule has 2 aliphatic heterocycles. The van der Waals surface area contributed by atoms with Crippen LogP contribution in [0.15, 0.2) is 54.6 Å². The van der Waals surface area contributed by atoms with Crippen molar-refractivity contribution < 1.29 is 14.3 Å². The van der Waals surface area contributed by atoms with Crippen LogP contribution in [-0.2, 0) is 4.79 Å². The number of halogens is 1. The molecule has 6 nitrogen and oxygen atoms in total. The lowest BCUT2D eigenvalue weighted by atomic mass is 10.0. The lowest BCUT2D eigenvalue weighted by Crippen LogP contribution is -2.57. The third kappa shape index (κ3) is 5.08. The number of ether oxygens (including phenoxy) is 1. The Morgan fingerprint density at radius 3 is 2.62 bits per heavy atom. The average Bonchev–Trinajstić information content (AvgIpc) is 2.74. The van der Waals surface area contributed by atoms with Crippen LogP contribution in [0.4, 0.5) is 0 Å². The maximum atomic E-state index is 13.1. The van der Waals surface area contributed by atoms with Crippen molar-refractivity contribution in [2.75, 3.05) is 32.7 Å². The minimum absolute atomic E-state index is 0. The van der Waals surface area contributed by atoms with E-state index in [1.165, 1.54) is 0 Å². The number of rotatable bonds is 4. The quantitative estimate of drug-likeness (QED) is 0.834. The van der Waals surface area contributed by atoms with Crippen molar-refractivity contribution in [3.05, 3.63) is 60.2 Å². The molecule has 0 radical (unpaired) electrons. The second kappa shape index (κ2) is 9.76. The summed E-state index contributed by atoms with van der Waals surface area (Å²) in [5, 5.41) is 3.10. The van der Waals surface area contributed by atoms with E-state index in [0.29, 0.717) is 30.9 Å². The van der Waals surface area contributed by atoms with Crippen molar-refractivity contribution in [3.63, 3.8) is 0 Å². The number of amides is 2. The van der Waals surface area contributed by atoms with Gasteiger partial charge in [-0.15, -0.1) is 12.4 Å². The van der Waals surface area contributed by atoms with Crippen LogP contribution in [0, 0.1) is 0 Å². The predicted octanol–water partition coefficient (Wildman–Crippen LogP) is 2.94. The van der Waals surface area contributed by atoms with E-state index in [4.69, 9.17) is 4.74 Å². The summed E-state index contributed by atoms with van der Waals surface area (Å²) in [5.41, 5.74) is 0.612. The fraction of sp³-hybridized carbons (Fsp3) is 0.364. The number of nitrogens with zero attached hydrogens (tertiary/aromatic N) is 2. The predicted molar refractivity (Wildman–Crippen MR) is 114 cm³/mol. The van der Waals surface area contributed by atoms with Gasteiger partial charge in [0.1, 0.15) is 11.5 Å². The Bertz CT molecular complexity index is 846. The molecule has 2 aliphatic rings. The van der Waals surface area contributed by atoms with E-state index in [1.807, 2.05) is 58.3 Å². The molecule has 2 aromatic rings. The molecule has 0 aromatic heterocycles. The molecule has 1 atom stereocenters. The molecule has 1 N–H and O–H groups in total. The zero-order valence-corrected chi connectivity index (χ0v) is 17.1. The fourth-order valence-electron chi connectivity index (χ4n) is 3.90. The number of carbonyl (C=O) groups is 2. The van der Waals surface area contributed by atoms with E-state index in [0.717, 1.165) is 31.7 Å². The van der Waals surface area contributed by atoms with Crippen LogP contribution in [0.2, 0.25) is 0 Å². The molecule has 4 rings (SSSR count). The van der Waals surface area contributed by atoms with Gasteiger partial charge < -0.3 is 19.9 Å². The van der Waals surface area contributed by atoms with Crippen LogP contribution in [0.25, 0.3) is 0 Å². The SMILES string of the molecule is Cl.O=C(c1cccc(Oc2ccccc2)c1)N1CCCC(N2CCNCC2=O)C1. The van der Waals surface area contributed by atoms with Crippen molar-refractivity contribution in [2.24, 2.45) is 0 Å². The molecule has 0 spiro atoms. The molecule has 29 heavy (non-hydrogen) atoms. The van der Waals surface area contributed by atoms with E-state index >= 15 is 0 Å². The first kappa shape index (κ1) is 21.1. The van der Waals surface area contributed by atoms with Gasteiger partial charge in [0.25, 0.3) is 5.91 Å². The van der Waals surface area contributed by atoms with E-state index in [1.54, 1.807) is 6.07 Å². The van der Waals surface area contributed by atoms with Gasteiger partial charge in [0.15, 0.2) is 0 Å². The van der Waals surface area contributed by atoms with Crippen LogP contribution < -0.4 is 10.1 Å². The van der Waals surface area contributed by atoms with E-state index in [2.05, 4.69) is 5.32 Å². The van der Waals surface area contributed by atoms with Gasteiger partial charge in [-0.05, 0) is 43.2 Å². The number of para-hydroxylation sites is 1. The van der Waals surface area contributed by atoms with Gasteiger partial charge in [-0.2, -0.15) is 0 Å². The number of nitrogens with one attached hydrogen (secondary N) is 1. The normalized spacial score (nSPS) is 19.4. The summed E-state index contributed by atoms with van der Waals surface area (Å²) in [6.07, 6.45) is 1.86. The Morgan fingerprint density at radius 2 is 1.83 bits per heavy atom. The molecule has 0 saturated carbocycles. The van der Waals surface area contributed by atoms with Gasteiger partial charge in [0.2, 0.25) is 5.91 Å². The van der Waals surface area contributed by atoms with E-state index in [9.17, 15) is 9.59 Å². The molecule has 0 bridgehead atoms. The van der Waals surface area contributed by atoms with Crippen molar-refractivity contribution in [3.8, 4) is 11.5 Å². The zero-order chi connectivity index (χ0) is 19.3. The van der Waals surface area contributed by atoms with Crippen LogP contribution >= 0.6 is 12.4 Å². The van der Waals surface area contributed by atoms with Gasteiger partial charge >= 0.3 is 0 Å². The number of hydrogen-bond acceptors (Lipinski definition) is 4. The van der Waals surface area contributed by atoms with Crippen molar-refractivity contribution in [1.29, 1.82) is 0 Å². The molecule has 1 unspecified atom stereocenters. The second-order valence-corrected chi connectivity index (χ2v) is 7.25.